The molecule has 218 valence electrons. The molecule has 0 amide bonds. The maximum absolute atomic E-state index is 5.11. The first-order chi connectivity index (χ1) is 23.3. The number of para-hydroxylation sites is 3. The second-order valence-electron chi connectivity index (χ2n) is 12.1. The average Bonchev–Trinajstić information content (AvgIpc) is 3.79. The van der Waals surface area contributed by atoms with Crippen molar-refractivity contribution in [1.29, 1.82) is 0 Å². The molecule has 0 N–H and O–H groups in total. The standard InChI is InChI=1S/C41H24N6/c1-3-10-25(11-4-1)45-32-15-8-7-14-28(32)38-33(45)17-18-34-39(38)31-22-30-29(23-36(31)46(34)26-12-5-2-6-13-26)27-19-21-42-24-37(27)47-35-16-9-20-43-40(35)44-41(30)47/h1-24H. The van der Waals surface area contributed by atoms with E-state index in [-0.39, 0.29) is 0 Å². The van der Waals surface area contributed by atoms with Crippen molar-refractivity contribution in [1.82, 2.24) is 28.5 Å². The first-order valence-corrected chi connectivity index (χ1v) is 15.8. The Labute approximate surface area is 267 Å². The molecule has 0 spiro atoms. The van der Waals surface area contributed by atoms with Crippen LogP contribution in [0.3, 0.4) is 0 Å². The van der Waals surface area contributed by atoms with Crippen molar-refractivity contribution in [3.05, 3.63) is 146 Å². The molecule has 0 aliphatic carbocycles. The van der Waals surface area contributed by atoms with Crippen LogP contribution in [0.25, 0.3) is 93.5 Å². The summed E-state index contributed by atoms with van der Waals surface area (Å²) in [7, 11) is 0. The Balaban J connectivity index is 1.42. The van der Waals surface area contributed by atoms with Gasteiger partial charge in [0.05, 0.1) is 39.3 Å². The molecule has 47 heavy (non-hydrogen) atoms. The first kappa shape index (κ1) is 24.8. The Morgan fingerprint density at radius 3 is 1.89 bits per heavy atom. The Kier molecular flexibility index (Phi) is 4.75. The highest BCUT2D eigenvalue weighted by Gasteiger charge is 2.23. The Bertz CT molecular complexity index is 3060. The van der Waals surface area contributed by atoms with Gasteiger partial charge < -0.3 is 9.13 Å². The van der Waals surface area contributed by atoms with Crippen molar-refractivity contribution in [3.8, 4) is 11.4 Å². The van der Waals surface area contributed by atoms with E-state index in [1.807, 2.05) is 24.7 Å². The van der Waals surface area contributed by atoms with Gasteiger partial charge in [0.1, 0.15) is 5.65 Å². The summed E-state index contributed by atoms with van der Waals surface area (Å²) in [5.41, 5.74) is 10.6. The van der Waals surface area contributed by atoms with Gasteiger partial charge in [0.25, 0.3) is 0 Å². The normalized spacial score (nSPS) is 12.3. The number of rotatable bonds is 2. The van der Waals surface area contributed by atoms with Gasteiger partial charge in [-0.25, -0.2) is 9.97 Å². The van der Waals surface area contributed by atoms with Crippen LogP contribution in [0.4, 0.5) is 0 Å². The van der Waals surface area contributed by atoms with Gasteiger partial charge in [-0.2, -0.15) is 0 Å². The molecule has 6 heterocycles. The van der Waals surface area contributed by atoms with E-state index in [0.717, 1.165) is 55.4 Å². The minimum atomic E-state index is 0.727. The lowest BCUT2D eigenvalue weighted by Gasteiger charge is -2.11. The minimum Gasteiger partial charge on any atom is -0.309 e. The summed E-state index contributed by atoms with van der Waals surface area (Å²) in [5, 5.41) is 8.26. The van der Waals surface area contributed by atoms with Crippen LogP contribution in [-0.2, 0) is 0 Å². The van der Waals surface area contributed by atoms with E-state index in [0.29, 0.717) is 0 Å². The number of hydrogen-bond donors (Lipinski definition) is 0. The van der Waals surface area contributed by atoms with Gasteiger partial charge in [0, 0.05) is 56.1 Å². The number of imidazole rings is 1. The molecule has 0 atom stereocenters. The second-order valence-corrected chi connectivity index (χ2v) is 12.1. The monoisotopic (exact) mass is 600 g/mol. The molecule has 0 radical (unpaired) electrons. The van der Waals surface area contributed by atoms with Crippen LogP contribution in [0.2, 0.25) is 0 Å². The molecular weight excluding hydrogens is 576 g/mol. The minimum absolute atomic E-state index is 0.727. The Morgan fingerprint density at radius 2 is 1.11 bits per heavy atom. The highest BCUT2D eigenvalue weighted by molar-refractivity contribution is 6.31. The maximum Gasteiger partial charge on any atom is 0.178 e. The zero-order chi connectivity index (χ0) is 30.6. The van der Waals surface area contributed by atoms with E-state index in [1.165, 1.54) is 38.1 Å². The van der Waals surface area contributed by atoms with E-state index < -0.39 is 0 Å². The van der Waals surface area contributed by atoms with Crippen LogP contribution in [-0.4, -0.2) is 28.5 Å². The summed E-state index contributed by atoms with van der Waals surface area (Å²) in [6.07, 6.45) is 5.63. The molecule has 5 aromatic carbocycles. The Morgan fingerprint density at radius 1 is 0.426 bits per heavy atom. The van der Waals surface area contributed by atoms with E-state index in [9.17, 15) is 0 Å². The fourth-order valence-electron chi connectivity index (χ4n) is 7.86. The predicted molar refractivity (Wildman–Crippen MR) is 192 cm³/mol. The van der Waals surface area contributed by atoms with Gasteiger partial charge in [-0.15, -0.1) is 0 Å². The van der Waals surface area contributed by atoms with Crippen molar-refractivity contribution in [2.45, 2.75) is 0 Å². The van der Waals surface area contributed by atoms with Crippen LogP contribution in [0.1, 0.15) is 0 Å². The van der Waals surface area contributed by atoms with Crippen molar-refractivity contribution in [3.63, 3.8) is 0 Å². The molecule has 0 aliphatic rings. The third kappa shape index (κ3) is 3.21. The van der Waals surface area contributed by atoms with Gasteiger partial charge >= 0.3 is 0 Å². The lowest BCUT2D eigenvalue weighted by molar-refractivity contribution is 1.17. The first-order valence-electron chi connectivity index (χ1n) is 15.8. The summed E-state index contributed by atoms with van der Waals surface area (Å²) in [6.45, 7) is 0. The topological polar surface area (TPSA) is 52.9 Å². The van der Waals surface area contributed by atoms with Gasteiger partial charge in [-0.3, -0.25) is 9.38 Å². The van der Waals surface area contributed by atoms with E-state index >= 15 is 0 Å². The lowest BCUT2D eigenvalue weighted by Crippen LogP contribution is -1.95. The van der Waals surface area contributed by atoms with Crippen molar-refractivity contribution in [2.24, 2.45) is 0 Å². The molecule has 0 fully saturated rings. The van der Waals surface area contributed by atoms with E-state index in [4.69, 9.17) is 4.98 Å². The number of nitrogens with zero attached hydrogens (tertiary/aromatic N) is 6. The number of aromatic nitrogens is 6. The van der Waals surface area contributed by atoms with E-state index in [2.05, 4.69) is 145 Å². The molecular formula is C41H24N6. The number of benzene rings is 5. The second kappa shape index (κ2) is 9.02. The zero-order valence-corrected chi connectivity index (χ0v) is 25.0. The largest absolute Gasteiger partial charge is 0.309 e. The maximum atomic E-state index is 5.11. The van der Waals surface area contributed by atoms with Crippen LogP contribution >= 0.6 is 0 Å². The van der Waals surface area contributed by atoms with Crippen LogP contribution in [0.15, 0.2) is 146 Å². The molecule has 0 saturated carbocycles. The summed E-state index contributed by atoms with van der Waals surface area (Å²) in [6, 6.07) is 45.6. The molecule has 6 aromatic heterocycles. The van der Waals surface area contributed by atoms with Gasteiger partial charge in [-0.1, -0.05) is 54.6 Å². The van der Waals surface area contributed by atoms with E-state index in [1.54, 1.807) is 0 Å². The van der Waals surface area contributed by atoms with Crippen molar-refractivity contribution >= 4 is 82.1 Å². The van der Waals surface area contributed by atoms with Gasteiger partial charge in [-0.05, 0) is 78.2 Å². The average molecular weight is 601 g/mol. The molecule has 11 aromatic rings. The highest BCUT2D eigenvalue weighted by Crippen LogP contribution is 2.44. The molecule has 0 bridgehead atoms. The van der Waals surface area contributed by atoms with Crippen LogP contribution in [0.5, 0.6) is 0 Å². The molecule has 11 rings (SSSR count). The number of pyridine rings is 3. The molecule has 0 unspecified atom stereocenters. The number of hydrogen-bond acceptors (Lipinski definition) is 3. The molecule has 6 heteroatoms. The smallest absolute Gasteiger partial charge is 0.178 e. The summed E-state index contributed by atoms with van der Waals surface area (Å²) in [4.78, 5) is 14.3. The SMILES string of the molecule is c1ccc(-n2c3ccccc3c3c4c5cc6c(cc5n(-c5ccccc5)c4ccc32)c2ccncc2n2c3cccnc3nc62)cc1. The zero-order valence-electron chi connectivity index (χ0n) is 25.0. The number of fused-ring (bicyclic) bond motifs is 15. The predicted octanol–water partition coefficient (Wildman–Crippen LogP) is 9.78. The third-order valence-electron chi connectivity index (χ3n) is 9.73. The fraction of sp³-hybridized carbons (Fsp3) is 0. The van der Waals surface area contributed by atoms with Crippen molar-refractivity contribution < 1.29 is 0 Å². The lowest BCUT2D eigenvalue weighted by atomic mass is 10.0. The molecule has 6 nitrogen and oxygen atoms in total. The molecule has 0 aliphatic heterocycles. The van der Waals surface area contributed by atoms with Gasteiger partial charge in [0.15, 0.2) is 5.65 Å². The van der Waals surface area contributed by atoms with Crippen LogP contribution < -0.4 is 0 Å². The summed E-state index contributed by atoms with van der Waals surface area (Å²) >= 11 is 0. The summed E-state index contributed by atoms with van der Waals surface area (Å²) in [5.74, 6) is 0. The fourth-order valence-corrected chi connectivity index (χ4v) is 7.86. The third-order valence-corrected chi connectivity index (χ3v) is 9.73. The quantitative estimate of drug-likeness (QED) is 0.186. The molecule has 0 saturated heterocycles. The highest BCUT2D eigenvalue weighted by atomic mass is 15.1. The van der Waals surface area contributed by atoms with Crippen LogP contribution in [0, 0.1) is 0 Å². The van der Waals surface area contributed by atoms with Gasteiger partial charge in [0.2, 0.25) is 0 Å². The van der Waals surface area contributed by atoms with Crippen molar-refractivity contribution in [2.75, 3.05) is 0 Å². The summed E-state index contributed by atoms with van der Waals surface area (Å²) < 4.78 is 7.02. The Hall–Kier alpha value is -6.53.